The molecular weight excluding hydrogens is 442 g/mol. The maximum atomic E-state index is 13.5. The second kappa shape index (κ2) is 9.43. The highest BCUT2D eigenvalue weighted by atomic mass is 16.5. The zero-order valence-corrected chi connectivity index (χ0v) is 19.5. The molecule has 0 fully saturated rings. The van der Waals surface area contributed by atoms with Crippen LogP contribution in [-0.4, -0.2) is 16.8 Å². The molecule has 35 heavy (non-hydrogen) atoms. The minimum absolute atomic E-state index is 0.127. The molecule has 1 N–H and O–H groups in total. The van der Waals surface area contributed by atoms with E-state index in [0.29, 0.717) is 46.9 Å². The van der Waals surface area contributed by atoms with Crippen LogP contribution in [0.4, 0.5) is 0 Å². The van der Waals surface area contributed by atoms with Crippen LogP contribution in [0.5, 0.6) is 23.0 Å². The van der Waals surface area contributed by atoms with Gasteiger partial charge in [0.15, 0.2) is 11.5 Å². The molecule has 4 aromatic carbocycles. The van der Waals surface area contributed by atoms with Gasteiger partial charge in [-0.2, -0.15) is 0 Å². The van der Waals surface area contributed by atoms with Crippen LogP contribution in [0.3, 0.4) is 0 Å². The summed E-state index contributed by atoms with van der Waals surface area (Å²) in [5, 5.41) is 11.2. The van der Waals surface area contributed by atoms with E-state index in [1.54, 1.807) is 18.2 Å². The molecule has 0 saturated carbocycles. The van der Waals surface area contributed by atoms with E-state index in [9.17, 15) is 9.90 Å². The number of phenolic OH excluding ortho intramolecular Hbond substituents is 1. The summed E-state index contributed by atoms with van der Waals surface area (Å²) in [6, 6.07) is 26.3. The van der Waals surface area contributed by atoms with Gasteiger partial charge >= 0.3 is 0 Å². The Balaban J connectivity index is 1.70. The summed E-state index contributed by atoms with van der Waals surface area (Å²) in [5.74, 6) is 1.32. The third-order valence-electron chi connectivity index (χ3n) is 6.03. The lowest BCUT2D eigenvalue weighted by molar-refractivity contribution is 0.258. The third kappa shape index (κ3) is 4.26. The summed E-state index contributed by atoms with van der Waals surface area (Å²) in [4.78, 5) is 13.5. The number of aromatic hydroxyl groups is 1. The third-order valence-corrected chi connectivity index (χ3v) is 6.03. The van der Waals surface area contributed by atoms with Gasteiger partial charge in [-0.25, -0.2) is 0 Å². The molecule has 1 heterocycles. The highest BCUT2D eigenvalue weighted by Gasteiger charge is 2.20. The molecule has 0 saturated heterocycles. The van der Waals surface area contributed by atoms with E-state index in [1.165, 1.54) is 13.2 Å². The topological polar surface area (TPSA) is 69.9 Å². The number of rotatable bonds is 7. The molecule has 1 aromatic heterocycles. The Hall–Kier alpha value is -4.45. The maximum absolute atomic E-state index is 13.5. The largest absolute Gasteiger partial charge is 0.507 e. The van der Waals surface area contributed by atoms with Gasteiger partial charge < -0.3 is 23.9 Å². The van der Waals surface area contributed by atoms with Gasteiger partial charge in [-0.05, 0) is 23.3 Å². The van der Waals surface area contributed by atoms with Crippen LogP contribution in [0.15, 0.2) is 89.7 Å². The van der Waals surface area contributed by atoms with Crippen molar-refractivity contribution in [3.8, 4) is 23.0 Å². The average Bonchev–Trinajstić information content (AvgIpc) is 2.89. The van der Waals surface area contributed by atoms with Gasteiger partial charge in [0, 0.05) is 19.2 Å². The van der Waals surface area contributed by atoms with Crippen LogP contribution in [0.2, 0.25) is 0 Å². The SMILES string of the molecule is COc1cc(O)c2c(=O)c3ccc(OCc4ccccc4)c(OCc4ccccc4)c3n(C)c2c1. The first-order valence-corrected chi connectivity index (χ1v) is 11.3. The van der Waals surface area contributed by atoms with Crippen LogP contribution >= 0.6 is 0 Å². The quantitative estimate of drug-likeness (QED) is 0.317. The fourth-order valence-corrected chi connectivity index (χ4v) is 4.24. The smallest absolute Gasteiger partial charge is 0.201 e. The Kier molecular flexibility index (Phi) is 6.02. The van der Waals surface area contributed by atoms with E-state index in [2.05, 4.69) is 0 Å². The van der Waals surface area contributed by atoms with Crippen molar-refractivity contribution in [2.24, 2.45) is 7.05 Å². The van der Waals surface area contributed by atoms with E-state index in [-0.39, 0.29) is 16.6 Å². The number of pyridine rings is 1. The Labute approximate surface area is 202 Å². The lowest BCUT2D eigenvalue weighted by Crippen LogP contribution is -2.12. The molecule has 0 radical (unpaired) electrons. The number of aryl methyl sites for hydroxylation is 1. The molecule has 6 heteroatoms. The highest BCUT2D eigenvalue weighted by Crippen LogP contribution is 2.39. The molecule has 5 aromatic rings. The van der Waals surface area contributed by atoms with E-state index >= 15 is 0 Å². The van der Waals surface area contributed by atoms with Crippen molar-refractivity contribution in [2.75, 3.05) is 7.11 Å². The number of nitrogens with zero attached hydrogens (tertiary/aromatic N) is 1. The normalized spacial score (nSPS) is 11.0. The van der Waals surface area contributed by atoms with Crippen LogP contribution in [-0.2, 0) is 20.3 Å². The highest BCUT2D eigenvalue weighted by molar-refractivity contribution is 6.00. The second-order valence-corrected chi connectivity index (χ2v) is 8.27. The van der Waals surface area contributed by atoms with E-state index < -0.39 is 0 Å². The molecule has 0 spiro atoms. The zero-order valence-electron chi connectivity index (χ0n) is 19.5. The molecule has 0 unspecified atom stereocenters. The molecule has 0 aliphatic carbocycles. The van der Waals surface area contributed by atoms with Crippen LogP contribution in [0.25, 0.3) is 21.8 Å². The van der Waals surface area contributed by atoms with Crippen LogP contribution in [0.1, 0.15) is 11.1 Å². The zero-order chi connectivity index (χ0) is 24.4. The van der Waals surface area contributed by atoms with E-state index in [1.807, 2.05) is 72.3 Å². The fourth-order valence-electron chi connectivity index (χ4n) is 4.24. The van der Waals surface area contributed by atoms with Gasteiger partial charge in [0.1, 0.15) is 24.7 Å². The van der Waals surface area contributed by atoms with Crippen molar-refractivity contribution in [2.45, 2.75) is 13.2 Å². The summed E-state index contributed by atoms with van der Waals surface area (Å²) >= 11 is 0. The Bertz CT molecular complexity index is 1560. The Morgan fingerprint density at radius 2 is 1.46 bits per heavy atom. The predicted octanol–water partition coefficient (Wildman–Crippen LogP) is 5.56. The minimum atomic E-state index is -0.285. The number of fused-ring (bicyclic) bond motifs is 2. The first kappa shape index (κ1) is 22.3. The average molecular weight is 468 g/mol. The van der Waals surface area contributed by atoms with Crippen molar-refractivity contribution in [1.29, 1.82) is 0 Å². The van der Waals surface area contributed by atoms with Crippen molar-refractivity contribution in [3.05, 3.63) is 106 Å². The van der Waals surface area contributed by atoms with Gasteiger partial charge in [0.2, 0.25) is 5.43 Å². The minimum Gasteiger partial charge on any atom is -0.507 e. The molecule has 0 bridgehead atoms. The fraction of sp³-hybridized carbons (Fsp3) is 0.138. The maximum Gasteiger partial charge on any atom is 0.201 e. The molecule has 0 aliphatic heterocycles. The molecule has 0 atom stereocenters. The second-order valence-electron chi connectivity index (χ2n) is 8.27. The predicted molar refractivity (Wildman–Crippen MR) is 136 cm³/mol. The molecule has 5 rings (SSSR count). The van der Waals surface area contributed by atoms with E-state index in [0.717, 1.165) is 11.1 Å². The standard InChI is InChI=1S/C29H25NO5/c1-30-23-15-21(33-2)16-24(31)26(23)28(32)22-13-14-25(34-17-19-9-5-3-6-10-19)29(27(22)30)35-18-20-11-7-4-8-12-20/h3-16,31H,17-18H2,1-2H3. The number of aromatic nitrogens is 1. The summed E-state index contributed by atoms with van der Waals surface area (Å²) in [6.07, 6.45) is 0. The number of methoxy groups -OCH3 is 1. The number of hydrogen-bond acceptors (Lipinski definition) is 5. The summed E-state index contributed by atoms with van der Waals surface area (Å²) in [5.41, 5.74) is 2.83. The monoisotopic (exact) mass is 467 g/mol. The van der Waals surface area contributed by atoms with Gasteiger partial charge in [-0.1, -0.05) is 60.7 Å². The number of hydrogen-bond donors (Lipinski definition) is 1. The van der Waals surface area contributed by atoms with Crippen LogP contribution < -0.4 is 19.6 Å². The molecular formula is C29H25NO5. The Morgan fingerprint density at radius 3 is 2.09 bits per heavy atom. The first-order valence-electron chi connectivity index (χ1n) is 11.3. The number of phenols is 1. The summed E-state index contributed by atoms with van der Waals surface area (Å²) in [7, 11) is 3.35. The van der Waals surface area contributed by atoms with E-state index in [4.69, 9.17) is 14.2 Å². The molecule has 0 aliphatic rings. The van der Waals surface area contributed by atoms with Crippen molar-refractivity contribution in [3.63, 3.8) is 0 Å². The molecule has 176 valence electrons. The molecule has 0 amide bonds. The van der Waals surface area contributed by atoms with Gasteiger partial charge in [0.05, 0.1) is 28.9 Å². The lowest BCUT2D eigenvalue weighted by Gasteiger charge is -2.19. The first-order chi connectivity index (χ1) is 17.1. The summed E-state index contributed by atoms with van der Waals surface area (Å²) in [6.45, 7) is 0.654. The lowest BCUT2D eigenvalue weighted by atomic mass is 10.1. The van der Waals surface area contributed by atoms with Crippen molar-refractivity contribution < 1.29 is 19.3 Å². The van der Waals surface area contributed by atoms with Gasteiger partial charge in [0.25, 0.3) is 0 Å². The van der Waals surface area contributed by atoms with Crippen LogP contribution in [0, 0.1) is 0 Å². The number of ether oxygens (including phenoxy) is 3. The van der Waals surface area contributed by atoms with Crippen molar-refractivity contribution >= 4 is 21.8 Å². The Morgan fingerprint density at radius 1 is 0.829 bits per heavy atom. The van der Waals surface area contributed by atoms with Gasteiger partial charge in [-0.3, -0.25) is 4.79 Å². The summed E-state index contributed by atoms with van der Waals surface area (Å²) < 4.78 is 19.7. The van der Waals surface area contributed by atoms with Crippen molar-refractivity contribution in [1.82, 2.24) is 4.57 Å². The molecule has 6 nitrogen and oxygen atoms in total. The van der Waals surface area contributed by atoms with Gasteiger partial charge in [-0.15, -0.1) is 0 Å². The number of benzene rings is 4.